The molecule has 1 aliphatic rings. The summed E-state index contributed by atoms with van der Waals surface area (Å²) in [4.78, 5) is 24.9. The van der Waals surface area contributed by atoms with Crippen LogP contribution in [0.1, 0.15) is 40.0 Å². The second kappa shape index (κ2) is 6.73. The Bertz CT molecular complexity index is 305. The third-order valence-corrected chi connectivity index (χ3v) is 3.53. The highest BCUT2D eigenvalue weighted by Crippen LogP contribution is 2.16. The minimum Gasteiger partial charge on any atom is -0.480 e. The molecule has 0 radical (unpaired) electrons. The van der Waals surface area contributed by atoms with E-state index < -0.39 is 12.0 Å². The van der Waals surface area contributed by atoms with Gasteiger partial charge in [0.2, 0.25) is 5.91 Å². The molecule has 1 heterocycles. The van der Waals surface area contributed by atoms with Crippen molar-refractivity contribution in [2.75, 3.05) is 13.1 Å². The number of carboxylic acids is 1. The minimum atomic E-state index is -0.899. The molecule has 2 unspecified atom stereocenters. The summed E-state index contributed by atoms with van der Waals surface area (Å²) in [5, 5.41) is 11.9. The van der Waals surface area contributed by atoms with E-state index >= 15 is 0 Å². The lowest BCUT2D eigenvalue weighted by Crippen LogP contribution is -2.50. The number of carbonyl (C=O) groups excluding carboxylic acids is 1. The van der Waals surface area contributed by atoms with Gasteiger partial charge < -0.3 is 10.0 Å². The Morgan fingerprint density at radius 3 is 2.56 bits per heavy atom. The monoisotopic (exact) mass is 256 g/mol. The maximum Gasteiger partial charge on any atom is 0.320 e. The number of amides is 1. The summed E-state index contributed by atoms with van der Waals surface area (Å²) in [6.07, 6.45) is 3.25. The highest BCUT2D eigenvalue weighted by Gasteiger charge is 2.26. The maximum absolute atomic E-state index is 12.0. The molecule has 0 aromatic carbocycles. The molecule has 0 saturated carbocycles. The number of hydrogen-bond donors (Lipinski definition) is 2. The largest absolute Gasteiger partial charge is 0.480 e. The third kappa shape index (κ3) is 3.98. The molecule has 0 spiro atoms. The normalized spacial score (nSPS) is 22.0. The smallest absolute Gasteiger partial charge is 0.320 e. The van der Waals surface area contributed by atoms with Gasteiger partial charge in [0.1, 0.15) is 6.04 Å². The summed E-state index contributed by atoms with van der Waals surface area (Å²) >= 11 is 0. The number of carbonyl (C=O) groups is 2. The van der Waals surface area contributed by atoms with Crippen molar-refractivity contribution in [3.63, 3.8) is 0 Å². The van der Waals surface area contributed by atoms with Gasteiger partial charge in [0.05, 0.1) is 6.54 Å². The van der Waals surface area contributed by atoms with Crippen LogP contribution < -0.4 is 5.32 Å². The Hall–Kier alpha value is -1.10. The van der Waals surface area contributed by atoms with Gasteiger partial charge in [0.25, 0.3) is 0 Å². The van der Waals surface area contributed by atoms with E-state index in [9.17, 15) is 9.59 Å². The molecular weight excluding hydrogens is 232 g/mol. The first-order valence-corrected chi connectivity index (χ1v) is 6.69. The zero-order valence-corrected chi connectivity index (χ0v) is 11.5. The molecule has 0 aromatic rings. The van der Waals surface area contributed by atoms with E-state index in [4.69, 9.17) is 5.11 Å². The molecule has 0 aliphatic carbocycles. The molecule has 5 nitrogen and oxygen atoms in total. The first-order valence-electron chi connectivity index (χ1n) is 6.69. The van der Waals surface area contributed by atoms with Gasteiger partial charge in [0, 0.05) is 12.6 Å². The molecule has 2 atom stereocenters. The van der Waals surface area contributed by atoms with Crippen LogP contribution in [0, 0.1) is 5.92 Å². The van der Waals surface area contributed by atoms with Crippen LogP contribution in [0.5, 0.6) is 0 Å². The number of aliphatic carboxylic acids is 1. The van der Waals surface area contributed by atoms with E-state index in [0.29, 0.717) is 0 Å². The molecule has 5 heteroatoms. The molecule has 1 saturated heterocycles. The van der Waals surface area contributed by atoms with E-state index in [-0.39, 0.29) is 24.4 Å². The van der Waals surface area contributed by atoms with E-state index in [2.05, 4.69) is 5.32 Å². The first-order chi connectivity index (χ1) is 8.43. The number of nitrogens with zero attached hydrogens (tertiary/aromatic N) is 1. The van der Waals surface area contributed by atoms with Crippen LogP contribution in [0.3, 0.4) is 0 Å². The molecule has 1 fully saturated rings. The fraction of sp³-hybridized carbons (Fsp3) is 0.846. The highest BCUT2D eigenvalue weighted by molar-refractivity contribution is 5.80. The molecule has 1 amide bonds. The van der Waals surface area contributed by atoms with Crippen LogP contribution in [0.25, 0.3) is 0 Å². The lowest BCUT2D eigenvalue weighted by atomic mass is 10.0. The lowest BCUT2D eigenvalue weighted by Gasteiger charge is -2.34. The van der Waals surface area contributed by atoms with E-state index in [0.717, 1.165) is 19.4 Å². The third-order valence-electron chi connectivity index (χ3n) is 3.53. The highest BCUT2D eigenvalue weighted by atomic mass is 16.4. The van der Waals surface area contributed by atoms with Crippen LogP contribution in [0.4, 0.5) is 0 Å². The van der Waals surface area contributed by atoms with Crippen LogP contribution in [0.15, 0.2) is 0 Å². The van der Waals surface area contributed by atoms with Gasteiger partial charge in [0.15, 0.2) is 0 Å². The molecule has 1 aliphatic heterocycles. The molecule has 1 rings (SSSR count). The summed E-state index contributed by atoms with van der Waals surface area (Å²) in [6, 6.07) is -0.385. The number of likely N-dealkylation sites (tertiary alicyclic amines) is 1. The predicted octanol–water partition coefficient (Wildman–Crippen LogP) is 1.09. The Morgan fingerprint density at radius 1 is 1.39 bits per heavy atom. The molecule has 104 valence electrons. The zero-order chi connectivity index (χ0) is 13.7. The van der Waals surface area contributed by atoms with Crippen LogP contribution in [-0.4, -0.2) is 47.1 Å². The number of piperidine rings is 1. The number of carboxylic acid groups (broad SMARTS) is 1. The lowest BCUT2D eigenvalue weighted by molar-refractivity contribution is -0.141. The average Bonchev–Trinajstić information content (AvgIpc) is 2.28. The van der Waals surface area contributed by atoms with Gasteiger partial charge in [-0.3, -0.25) is 14.9 Å². The standard InChI is InChI=1S/C13H24N2O3/c1-9(2)12(13(17)18)14-8-11(16)15-7-5-4-6-10(15)3/h9-10,12,14H,4-8H2,1-3H3,(H,17,18). The average molecular weight is 256 g/mol. The van der Waals surface area contributed by atoms with Crippen molar-refractivity contribution in [2.45, 2.75) is 52.1 Å². The van der Waals surface area contributed by atoms with Crippen molar-refractivity contribution in [1.82, 2.24) is 10.2 Å². The van der Waals surface area contributed by atoms with Gasteiger partial charge in [-0.15, -0.1) is 0 Å². The molecule has 18 heavy (non-hydrogen) atoms. The number of nitrogens with one attached hydrogen (secondary N) is 1. The minimum absolute atomic E-state index is 0.00843. The topological polar surface area (TPSA) is 69.6 Å². The summed E-state index contributed by atoms with van der Waals surface area (Å²) in [5.74, 6) is -0.923. The fourth-order valence-electron chi connectivity index (χ4n) is 2.38. The Kier molecular flexibility index (Phi) is 5.59. The molecular formula is C13H24N2O3. The summed E-state index contributed by atoms with van der Waals surface area (Å²) in [5.41, 5.74) is 0. The Morgan fingerprint density at radius 2 is 2.06 bits per heavy atom. The zero-order valence-electron chi connectivity index (χ0n) is 11.5. The van der Waals surface area contributed by atoms with Crippen molar-refractivity contribution in [2.24, 2.45) is 5.92 Å². The van der Waals surface area contributed by atoms with E-state index in [1.807, 2.05) is 25.7 Å². The van der Waals surface area contributed by atoms with Gasteiger partial charge in [-0.1, -0.05) is 13.8 Å². The second-order valence-electron chi connectivity index (χ2n) is 5.37. The second-order valence-corrected chi connectivity index (χ2v) is 5.37. The first kappa shape index (κ1) is 15.0. The summed E-state index contributed by atoms with van der Waals surface area (Å²) in [6.45, 7) is 6.62. The van der Waals surface area contributed by atoms with Gasteiger partial charge in [-0.2, -0.15) is 0 Å². The summed E-state index contributed by atoms with van der Waals surface area (Å²) < 4.78 is 0. The molecule has 0 aromatic heterocycles. The van der Waals surface area contributed by atoms with Crippen molar-refractivity contribution in [1.29, 1.82) is 0 Å². The van der Waals surface area contributed by atoms with E-state index in [1.54, 1.807) is 0 Å². The van der Waals surface area contributed by atoms with Crippen molar-refractivity contribution in [3.8, 4) is 0 Å². The van der Waals surface area contributed by atoms with Crippen molar-refractivity contribution < 1.29 is 14.7 Å². The molecule has 0 bridgehead atoms. The summed E-state index contributed by atoms with van der Waals surface area (Å²) in [7, 11) is 0. The fourth-order valence-corrected chi connectivity index (χ4v) is 2.38. The number of hydrogen-bond acceptors (Lipinski definition) is 3. The SMILES string of the molecule is CC(C)C(NCC(=O)N1CCCCC1C)C(=O)O. The number of rotatable bonds is 5. The van der Waals surface area contributed by atoms with Gasteiger partial charge in [-0.25, -0.2) is 0 Å². The van der Waals surface area contributed by atoms with Crippen LogP contribution in [-0.2, 0) is 9.59 Å². The maximum atomic E-state index is 12.0. The van der Waals surface area contributed by atoms with Crippen molar-refractivity contribution >= 4 is 11.9 Å². The van der Waals surface area contributed by atoms with Crippen LogP contribution in [0.2, 0.25) is 0 Å². The van der Waals surface area contributed by atoms with Gasteiger partial charge >= 0.3 is 5.97 Å². The molecule has 2 N–H and O–H groups in total. The van der Waals surface area contributed by atoms with Crippen LogP contribution >= 0.6 is 0 Å². The Balaban J connectivity index is 2.46. The van der Waals surface area contributed by atoms with Crippen molar-refractivity contribution in [3.05, 3.63) is 0 Å². The quantitative estimate of drug-likeness (QED) is 0.772. The Labute approximate surface area is 109 Å². The predicted molar refractivity (Wildman–Crippen MR) is 69.3 cm³/mol. The van der Waals surface area contributed by atoms with E-state index in [1.165, 1.54) is 6.42 Å². The van der Waals surface area contributed by atoms with Gasteiger partial charge in [-0.05, 0) is 32.1 Å².